The highest BCUT2D eigenvalue weighted by Gasteiger charge is 2.09. The third kappa shape index (κ3) is 4.82. The monoisotopic (exact) mass is 542 g/mol. The molecule has 0 amide bonds. The first-order valence-corrected chi connectivity index (χ1v) is 14.7. The maximum absolute atomic E-state index is 4.63. The zero-order valence-electron chi connectivity index (χ0n) is 23.3. The highest BCUT2D eigenvalue weighted by Crippen LogP contribution is 2.26. The summed E-state index contributed by atoms with van der Waals surface area (Å²) in [6.07, 6.45) is 22.2. The van der Waals surface area contributed by atoms with Gasteiger partial charge in [-0.3, -0.25) is 0 Å². The summed E-state index contributed by atoms with van der Waals surface area (Å²) in [5.41, 5.74) is 10.8. The largest absolute Gasteiger partial charge is 0.355 e. The third-order valence-electron chi connectivity index (χ3n) is 8.19. The molecular weight excluding hydrogens is 512 g/mol. The SMILES string of the molecule is C1=Cc2c(ccc3c4c(ccc23)=CCCC=4)CC1.C1=Cc2cc3ccc(cc4nc(cc5ccc(cc1n2)[nH]5)C=C4)[nH]3. The van der Waals surface area contributed by atoms with Crippen LogP contribution in [0.25, 0.3) is 75.4 Å². The molecule has 0 fully saturated rings. The molecule has 2 N–H and O–H groups in total. The lowest BCUT2D eigenvalue weighted by atomic mass is 9.90. The summed E-state index contributed by atoms with van der Waals surface area (Å²) < 4.78 is 0. The summed E-state index contributed by atoms with van der Waals surface area (Å²) in [5.74, 6) is 0. The van der Waals surface area contributed by atoms with Crippen LogP contribution in [0.15, 0.2) is 78.9 Å². The topological polar surface area (TPSA) is 57.4 Å². The molecule has 0 saturated carbocycles. The molecule has 0 radical (unpaired) electrons. The maximum atomic E-state index is 4.63. The average molecular weight is 543 g/mol. The predicted octanol–water partition coefficient (Wildman–Crippen LogP) is 7.81. The minimum absolute atomic E-state index is 0.939. The number of hydrogen-bond acceptors (Lipinski definition) is 2. The van der Waals surface area contributed by atoms with Gasteiger partial charge in [0.2, 0.25) is 0 Å². The van der Waals surface area contributed by atoms with E-state index in [0.717, 1.165) is 44.8 Å². The van der Waals surface area contributed by atoms with Crippen molar-refractivity contribution in [2.45, 2.75) is 25.7 Å². The van der Waals surface area contributed by atoms with Gasteiger partial charge in [0.25, 0.3) is 0 Å². The molecule has 0 unspecified atom stereocenters. The lowest BCUT2D eigenvalue weighted by Crippen LogP contribution is -2.27. The second-order valence-corrected chi connectivity index (χ2v) is 11.1. The Kier molecular flexibility index (Phi) is 6.03. The molecule has 4 aliphatic rings. The molecule has 5 aromatic rings. The summed E-state index contributed by atoms with van der Waals surface area (Å²) in [6.45, 7) is 0. The van der Waals surface area contributed by atoms with Crippen LogP contribution in [0.1, 0.15) is 53.2 Å². The van der Waals surface area contributed by atoms with Gasteiger partial charge in [-0.1, -0.05) is 48.6 Å². The Morgan fingerprint density at radius 1 is 0.500 bits per heavy atom. The van der Waals surface area contributed by atoms with Crippen LogP contribution in [-0.4, -0.2) is 19.9 Å². The Balaban J connectivity index is 0.000000132. The molecule has 9 rings (SSSR count). The number of benzene rings is 2. The number of allylic oxidation sites excluding steroid dienone is 1. The molecule has 42 heavy (non-hydrogen) atoms. The Morgan fingerprint density at radius 2 is 1.05 bits per heavy atom. The minimum Gasteiger partial charge on any atom is -0.355 e. The summed E-state index contributed by atoms with van der Waals surface area (Å²) in [5, 5.41) is 5.71. The van der Waals surface area contributed by atoms with Crippen LogP contribution in [0.5, 0.6) is 0 Å². The fraction of sp³-hybridized carbons (Fsp3) is 0.105. The number of hydrogen-bond donors (Lipinski definition) is 2. The van der Waals surface area contributed by atoms with E-state index in [1.165, 1.54) is 58.0 Å². The molecule has 3 aromatic heterocycles. The van der Waals surface area contributed by atoms with E-state index >= 15 is 0 Å². The minimum atomic E-state index is 0.939. The Morgan fingerprint density at radius 3 is 1.64 bits per heavy atom. The van der Waals surface area contributed by atoms with Crippen molar-refractivity contribution < 1.29 is 0 Å². The summed E-state index contributed by atoms with van der Waals surface area (Å²) in [7, 11) is 0. The molecule has 202 valence electrons. The molecule has 2 aliphatic heterocycles. The van der Waals surface area contributed by atoms with Crippen molar-refractivity contribution in [3.63, 3.8) is 0 Å². The van der Waals surface area contributed by atoms with Crippen molar-refractivity contribution in [1.29, 1.82) is 0 Å². The average Bonchev–Trinajstić information content (AvgIpc) is 3.84. The third-order valence-corrected chi connectivity index (χ3v) is 8.19. The number of aromatic amines is 2. The summed E-state index contributed by atoms with van der Waals surface area (Å²) >= 11 is 0. The molecule has 2 aliphatic carbocycles. The predicted molar refractivity (Wildman–Crippen MR) is 178 cm³/mol. The highest BCUT2D eigenvalue weighted by atomic mass is 14.8. The maximum Gasteiger partial charge on any atom is 0.0658 e. The molecule has 0 atom stereocenters. The van der Waals surface area contributed by atoms with Crippen LogP contribution in [0, 0.1) is 0 Å². The lowest BCUT2D eigenvalue weighted by molar-refractivity contribution is 0.989. The second-order valence-electron chi connectivity index (χ2n) is 11.1. The fourth-order valence-corrected chi connectivity index (χ4v) is 6.18. The number of aryl methyl sites for hydroxylation is 1. The number of nitrogens with one attached hydrogen (secondary N) is 2. The smallest absolute Gasteiger partial charge is 0.0658 e. The molecule has 0 spiro atoms. The number of rotatable bonds is 0. The van der Waals surface area contributed by atoms with Crippen LogP contribution in [-0.2, 0) is 6.42 Å². The van der Waals surface area contributed by atoms with Gasteiger partial charge in [-0.15, -0.1) is 0 Å². The van der Waals surface area contributed by atoms with E-state index in [2.05, 4.69) is 92.8 Å². The van der Waals surface area contributed by atoms with Gasteiger partial charge in [-0.05, 0) is 131 Å². The van der Waals surface area contributed by atoms with Gasteiger partial charge in [0.15, 0.2) is 0 Å². The van der Waals surface area contributed by atoms with Gasteiger partial charge in [0.1, 0.15) is 0 Å². The quantitative estimate of drug-likeness (QED) is 0.205. The van der Waals surface area contributed by atoms with Gasteiger partial charge < -0.3 is 9.97 Å². The molecule has 2 aromatic carbocycles. The van der Waals surface area contributed by atoms with Crippen molar-refractivity contribution in [3.8, 4) is 0 Å². The van der Waals surface area contributed by atoms with E-state index in [-0.39, 0.29) is 0 Å². The van der Waals surface area contributed by atoms with Crippen molar-refractivity contribution in [1.82, 2.24) is 19.9 Å². The van der Waals surface area contributed by atoms with E-state index in [0.29, 0.717) is 0 Å². The molecule has 4 nitrogen and oxygen atoms in total. The van der Waals surface area contributed by atoms with E-state index < -0.39 is 0 Å². The Labute approximate surface area is 243 Å². The number of fused-ring (bicyclic) bond motifs is 13. The first-order valence-electron chi connectivity index (χ1n) is 14.7. The van der Waals surface area contributed by atoms with E-state index in [1.54, 1.807) is 0 Å². The van der Waals surface area contributed by atoms with E-state index in [4.69, 9.17) is 0 Å². The van der Waals surface area contributed by atoms with Crippen molar-refractivity contribution in [3.05, 3.63) is 123 Å². The zero-order chi connectivity index (χ0) is 27.9. The van der Waals surface area contributed by atoms with Gasteiger partial charge >= 0.3 is 0 Å². The number of aromatic nitrogens is 4. The Hall–Kier alpha value is -5.22. The normalized spacial score (nSPS) is 14.4. The molecule has 4 heteroatoms. The van der Waals surface area contributed by atoms with E-state index in [9.17, 15) is 0 Å². The molecule has 8 bridgehead atoms. The molecule has 0 saturated heterocycles. The van der Waals surface area contributed by atoms with Gasteiger partial charge in [0.05, 0.1) is 22.8 Å². The van der Waals surface area contributed by atoms with Crippen LogP contribution in [0.2, 0.25) is 0 Å². The van der Waals surface area contributed by atoms with E-state index in [1.807, 2.05) is 48.6 Å². The number of H-pyrrole nitrogens is 2. The first-order chi connectivity index (χ1) is 20.7. The summed E-state index contributed by atoms with van der Waals surface area (Å²) in [6, 6.07) is 25.6. The van der Waals surface area contributed by atoms with Crippen molar-refractivity contribution >= 4 is 75.4 Å². The number of nitrogens with zero attached hydrogens (tertiary/aromatic N) is 2. The summed E-state index contributed by atoms with van der Waals surface area (Å²) in [4.78, 5) is 16.0. The second kappa shape index (κ2) is 10.3. The van der Waals surface area contributed by atoms with Gasteiger partial charge in [0, 0.05) is 22.1 Å². The van der Waals surface area contributed by atoms with Crippen LogP contribution in [0.3, 0.4) is 0 Å². The van der Waals surface area contributed by atoms with Crippen LogP contribution >= 0.6 is 0 Å². The standard InChI is InChI=1S/C20H14N4.C18H16/c1-2-14-10-16-5-6-18(23-16)12-20-8-7-19(24-20)11-17-4-3-15(22-17)9-13(1)21-14;1-3-7-15-13(5-1)9-11-18-16-8-4-2-6-14(16)10-12-17(15)18/h1-12,21,24H;3,6-12H,1-2,4-5H2. The highest BCUT2D eigenvalue weighted by molar-refractivity contribution is 5.93. The van der Waals surface area contributed by atoms with Crippen LogP contribution in [0.4, 0.5) is 0 Å². The van der Waals surface area contributed by atoms with Crippen molar-refractivity contribution in [2.24, 2.45) is 0 Å². The molecular formula is C38H30N4. The zero-order valence-corrected chi connectivity index (χ0v) is 23.3. The lowest BCUT2D eigenvalue weighted by Gasteiger charge is -2.14. The fourth-order valence-electron chi connectivity index (χ4n) is 6.18. The van der Waals surface area contributed by atoms with Crippen molar-refractivity contribution in [2.75, 3.05) is 0 Å². The van der Waals surface area contributed by atoms with Gasteiger partial charge in [-0.2, -0.15) is 0 Å². The Bertz CT molecular complexity index is 2080. The van der Waals surface area contributed by atoms with Gasteiger partial charge in [-0.25, -0.2) is 9.97 Å². The van der Waals surface area contributed by atoms with Crippen LogP contribution < -0.4 is 10.4 Å². The molecule has 5 heterocycles. The first kappa shape index (κ1) is 24.6.